The van der Waals surface area contributed by atoms with Gasteiger partial charge >= 0.3 is 10.2 Å². The zero-order valence-corrected chi connectivity index (χ0v) is 12.0. The Labute approximate surface area is 113 Å². The molecule has 0 saturated carbocycles. The third-order valence-corrected chi connectivity index (χ3v) is 4.69. The maximum Gasteiger partial charge on any atom is 0.301 e. The Morgan fingerprint density at radius 2 is 2.16 bits per heavy atom. The van der Waals surface area contributed by atoms with Gasteiger partial charge in [-0.05, 0) is 43.5 Å². The maximum atomic E-state index is 12.1. The molecule has 0 radical (unpaired) electrons. The van der Waals surface area contributed by atoms with Crippen LogP contribution in [0.5, 0.6) is 0 Å². The van der Waals surface area contributed by atoms with Crippen LogP contribution in [-0.2, 0) is 16.6 Å². The summed E-state index contributed by atoms with van der Waals surface area (Å²) in [5, 5.41) is 0. The van der Waals surface area contributed by atoms with E-state index in [4.69, 9.17) is 0 Å². The van der Waals surface area contributed by atoms with Gasteiger partial charge in [-0.3, -0.25) is 9.10 Å². The van der Waals surface area contributed by atoms with Gasteiger partial charge in [-0.1, -0.05) is 6.92 Å². The Morgan fingerprint density at radius 3 is 2.79 bits per heavy atom. The molecule has 1 N–H and O–H groups in total. The quantitative estimate of drug-likeness (QED) is 0.832. The second kappa shape index (κ2) is 5.30. The average Bonchev–Trinajstić information content (AvgIpc) is 2.79. The topological polar surface area (TPSA) is 66.5 Å². The van der Waals surface area contributed by atoms with E-state index in [0.29, 0.717) is 30.8 Å². The summed E-state index contributed by atoms with van der Waals surface area (Å²) in [5.41, 5.74) is 2.21. The van der Waals surface area contributed by atoms with Gasteiger partial charge in [0.2, 0.25) is 0 Å². The van der Waals surface area contributed by atoms with Crippen LogP contribution >= 0.6 is 0 Å². The summed E-state index contributed by atoms with van der Waals surface area (Å²) >= 11 is 0. The minimum Gasteiger partial charge on any atom is -0.295 e. The Bertz CT molecular complexity index is 596. The fourth-order valence-corrected chi connectivity index (χ4v) is 3.54. The summed E-state index contributed by atoms with van der Waals surface area (Å²) in [6, 6.07) is 5.17. The Hall–Kier alpha value is -1.40. The monoisotopic (exact) mass is 282 g/mol. The molecular weight excluding hydrogens is 264 g/mol. The molecule has 0 spiro atoms. The molecule has 0 amide bonds. The van der Waals surface area contributed by atoms with Gasteiger partial charge in [0.05, 0.1) is 5.69 Å². The van der Waals surface area contributed by atoms with Crippen molar-refractivity contribution >= 4 is 21.7 Å². The highest BCUT2D eigenvalue weighted by atomic mass is 32.2. The van der Waals surface area contributed by atoms with Gasteiger partial charge in [0, 0.05) is 18.7 Å². The van der Waals surface area contributed by atoms with Crippen LogP contribution in [0.3, 0.4) is 0 Å². The lowest BCUT2D eigenvalue weighted by molar-refractivity contribution is 0.101. The van der Waals surface area contributed by atoms with E-state index < -0.39 is 10.2 Å². The Kier molecular flexibility index (Phi) is 3.91. The summed E-state index contributed by atoms with van der Waals surface area (Å²) in [7, 11) is -3.47. The number of nitrogens with one attached hydrogen (secondary N) is 1. The van der Waals surface area contributed by atoms with Crippen molar-refractivity contribution in [1.82, 2.24) is 4.72 Å². The molecule has 1 aliphatic rings. The molecule has 1 aromatic carbocycles. The number of Topliss-reactive ketones (excluding diaryl/α,β-unsaturated/α-hetero) is 1. The molecule has 0 atom stereocenters. The molecule has 0 saturated heterocycles. The molecule has 1 aliphatic heterocycles. The number of anilines is 1. The summed E-state index contributed by atoms with van der Waals surface area (Å²) < 4.78 is 28.2. The lowest BCUT2D eigenvalue weighted by Crippen LogP contribution is -2.40. The number of hydrogen-bond donors (Lipinski definition) is 1. The molecule has 1 heterocycles. The number of rotatable bonds is 5. The minimum atomic E-state index is -3.47. The zero-order chi connectivity index (χ0) is 14.0. The number of carbonyl (C=O) groups excluding carboxylic acids is 1. The van der Waals surface area contributed by atoms with E-state index in [1.54, 1.807) is 18.2 Å². The lowest BCUT2D eigenvalue weighted by atomic mass is 10.1. The summed E-state index contributed by atoms with van der Waals surface area (Å²) in [4.78, 5) is 11.3. The van der Waals surface area contributed by atoms with Crippen LogP contribution in [-0.4, -0.2) is 27.3 Å². The normalized spacial score (nSPS) is 14.5. The van der Waals surface area contributed by atoms with E-state index in [-0.39, 0.29) is 5.78 Å². The lowest BCUT2D eigenvalue weighted by Gasteiger charge is -2.19. The van der Waals surface area contributed by atoms with Gasteiger partial charge in [0.1, 0.15) is 0 Å². The minimum absolute atomic E-state index is 0.00628. The van der Waals surface area contributed by atoms with Crippen LogP contribution in [0.25, 0.3) is 0 Å². The van der Waals surface area contributed by atoms with Crippen LogP contribution in [0.1, 0.15) is 36.2 Å². The molecule has 2 rings (SSSR count). The smallest absolute Gasteiger partial charge is 0.295 e. The summed E-state index contributed by atoms with van der Waals surface area (Å²) in [5.74, 6) is -0.00628. The van der Waals surface area contributed by atoms with Gasteiger partial charge in [0.25, 0.3) is 0 Å². The SMILES string of the molecule is CCCNS(=O)(=O)N1CCc2cc(C(C)=O)ccc21. The van der Waals surface area contributed by atoms with Crippen molar-refractivity contribution < 1.29 is 13.2 Å². The van der Waals surface area contributed by atoms with Crippen LogP contribution in [0, 0.1) is 0 Å². The predicted octanol–water partition coefficient (Wildman–Crippen LogP) is 1.50. The van der Waals surface area contributed by atoms with Crippen molar-refractivity contribution in [2.24, 2.45) is 0 Å². The fourth-order valence-electron chi connectivity index (χ4n) is 2.15. The summed E-state index contributed by atoms with van der Waals surface area (Å²) in [6.45, 7) is 4.28. The number of benzene rings is 1. The molecule has 0 bridgehead atoms. The average molecular weight is 282 g/mol. The molecule has 0 unspecified atom stereocenters. The molecule has 5 nitrogen and oxygen atoms in total. The first-order chi connectivity index (χ1) is 8.95. The van der Waals surface area contributed by atoms with Gasteiger partial charge in [-0.15, -0.1) is 0 Å². The Balaban J connectivity index is 2.30. The largest absolute Gasteiger partial charge is 0.301 e. The molecule has 19 heavy (non-hydrogen) atoms. The summed E-state index contributed by atoms with van der Waals surface area (Å²) in [6.07, 6.45) is 1.40. The predicted molar refractivity (Wildman–Crippen MR) is 74.7 cm³/mol. The second-order valence-corrected chi connectivity index (χ2v) is 6.30. The van der Waals surface area contributed by atoms with Crippen LogP contribution in [0.2, 0.25) is 0 Å². The number of nitrogens with zero attached hydrogens (tertiary/aromatic N) is 1. The zero-order valence-electron chi connectivity index (χ0n) is 11.1. The van der Waals surface area contributed by atoms with Crippen molar-refractivity contribution in [3.63, 3.8) is 0 Å². The van der Waals surface area contributed by atoms with E-state index in [1.807, 2.05) is 6.92 Å². The highest BCUT2D eigenvalue weighted by Crippen LogP contribution is 2.30. The van der Waals surface area contributed by atoms with E-state index >= 15 is 0 Å². The van der Waals surface area contributed by atoms with Gasteiger partial charge < -0.3 is 0 Å². The van der Waals surface area contributed by atoms with E-state index in [2.05, 4.69) is 4.72 Å². The Morgan fingerprint density at radius 1 is 1.42 bits per heavy atom. The fraction of sp³-hybridized carbons (Fsp3) is 0.462. The van der Waals surface area contributed by atoms with Crippen molar-refractivity contribution in [3.8, 4) is 0 Å². The maximum absolute atomic E-state index is 12.1. The first-order valence-electron chi connectivity index (χ1n) is 6.37. The van der Waals surface area contributed by atoms with Crippen LogP contribution in [0.15, 0.2) is 18.2 Å². The van der Waals surface area contributed by atoms with E-state index in [1.165, 1.54) is 11.2 Å². The molecule has 1 aromatic rings. The van der Waals surface area contributed by atoms with Crippen molar-refractivity contribution in [1.29, 1.82) is 0 Å². The number of ketones is 1. The van der Waals surface area contributed by atoms with E-state index in [9.17, 15) is 13.2 Å². The van der Waals surface area contributed by atoms with Gasteiger partial charge in [0.15, 0.2) is 5.78 Å². The van der Waals surface area contributed by atoms with Crippen molar-refractivity contribution in [2.45, 2.75) is 26.7 Å². The van der Waals surface area contributed by atoms with Crippen molar-refractivity contribution in [3.05, 3.63) is 29.3 Å². The van der Waals surface area contributed by atoms with Crippen LogP contribution in [0.4, 0.5) is 5.69 Å². The van der Waals surface area contributed by atoms with Gasteiger partial charge in [-0.25, -0.2) is 0 Å². The first-order valence-corrected chi connectivity index (χ1v) is 7.81. The van der Waals surface area contributed by atoms with Gasteiger partial charge in [-0.2, -0.15) is 13.1 Å². The number of fused-ring (bicyclic) bond motifs is 1. The molecule has 0 aliphatic carbocycles. The molecular formula is C13H18N2O3S. The molecule has 0 aromatic heterocycles. The van der Waals surface area contributed by atoms with Crippen LogP contribution < -0.4 is 9.03 Å². The van der Waals surface area contributed by atoms with E-state index in [0.717, 1.165) is 12.0 Å². The standard InChI is InChI=1S/C13H18N2O3S/c1-3-7-14-19(17,18)15-8-6-12-9-11(10(2)16)4-5-13(12)15/h4-5,9,14H,3,6-8H2,1-2H3. The van der Waals surface area contributed by atoms with Crippen molar-refractivity contribution in [2.75, 3.05) is 17.4 Å². The first kappa shape index (κ1) is 14.0. The number of carbonyl (C=O) groups is 1. The third kappa shape index (κ3) is 2.79. The molecule has 104 valence electrons. The second-order valence-electron chi connectivity index (χ2n) is 4.62. The molecule has 0 fully saturated rings. The third-order valence-electron chi connectivity index (χ3n) is 3.16. The number of hydrogen-bond acceptors (Lipinski definition) is 3. The highest BCUT2D eigenvalue weighted by Gasteiger charge is 2.29. The highest BCUT2D eigenvalue weighted by molar-refractivity contribution is 7.90. The molecule has 6 heteroatoms.